The van der Waals surface area contributed by atoms with Crippen LogP contribution < -0.4 is 10.6 Å². The van der Waals surface area contributed by atoms with Gasteiger partial charge in [0.05, 0.1) is 5.41 Å². The molecule has 2 fully saturated rings. The number of nitrogens with zero attached hydrogens (tertiary/aromatic N) is 1. The maximum absolute atomic E-state index is 12.7. The molecule has 4 nitrogen and oxygen atoms in total. The SMILES string of the molecule is O=C(NCCN1CCNCC1)C1(Cc2ccccc2)CCC1. The monoisotopic (exact) mass is 301 g/mol. The first-order valence-electron chi connectivity index (χ1n) is 8.54. The van der Waals surface area contributed by atoms with Crippen molar-refractivity contribution in [3.8, 4) is 0 Å². The van der Waals surface area contributed by atoms with Crippen molar-refractivity contribution in [3.63, 3.8) is 0 Å². The lowest BCUT2D eigenvalue weighted by Crippen LogP contribution is -2.50. The molecular formula is C18H27N3O. The van der Waals surface area contributed by atoms with E-state index in [0.29, 0.717) is 0 Å². The fourth-order valence-electron chi connectivity index (χ4n) is 3.52. The van der Waals surface area contributed by atoms with Crippen molar-refractivity contribution in [2.24, 2.45) is 5.41 Å². The lowest BCUT2D eigenvalue weighted by molar-refractivity contribution is -0.136. The number of rotatable bonds is 6. The van der Waals surface area contributed by atoms with Gasteiger partial charge in [0.1, 0.15) is 0 Å². The van der Waals surface area contributed by atoms with E-state index in [2.05, 4.69) is 39.8 Å². The Morgan fingerprint density at radius 3 is 2.55 bits per heavy atom. The minimum absolute atomic E-state index is 0.148. The van der Waals surface area contributed by atoms with Gasteiger partial charge in [0.2, 0.25) is 5.91 Å². The van der Waals surface area contributed by atoms with Gasteiger partial charge in [-0.15, -0.1) is 0 Å². The number of benzene rings is 1. The molecule has 1 aliphatic heterocycles. The van der Waals surface area contributed by atoms with Gasteiger partial charge >= 0.3 is 0 Å². The van der Waals surface area contributed by atoms with Gasteiger partial charge in [0.15, 0.2) is 0 Å². The third-order valence-electron chi connectivity index (χ3n) is 5.10. The van der Waals surface area contributed by atoms with Gasteiger partial charge in [0, 0.05) is 39.3 Å². The number of hydrogen-bond donors (Lipinski definition) is 2. The Kier molecular flexibility index (Phi) is 5.11. The molecule has 1 saturated carbocycles. The molecular weight excluding hydrogens is 274 g/mol. The van der Waals surface area contributed by atoms with Crippen LogP contribution >= 0.6 is 0 Å². The highest BCUT2D eigenvalue weighted by molar-refractivity contribution is 5.83. The molecule has 2 N–H and O–H groups in total. The van der Waals surface area contributed by atoms with E-state index in [0.717, 1.165) is 58.5 Å². The second-order valence-corrected chi connectivity index (χ2v) is 6.64. The van der Waals surface area contributed by atoms with Crippen molar-refractivity contribution in [3.05, 3.63) is 35.9 Å². The van der Waals surface area contributed by atoms with Crippen molar-refractivity contribution in [2.75, 3.05) is 39.3 Å². The highest BCUT2D eigenvalue weighted by Crippen LogP contribution is 2.43. The molecule has 0 radical (unpaired) electrons. The molecule has 1 heterocycles. The molecule has 0 spiro atoms. The van der Waals surface area contributed by atoms with Gasteiger partial charge in [-0.1, -0.05) is 36.8 Å². The smallest absolute Gasteiger partial charge is 0.226 e. The molecule has 0 aromatic heterocycles. The van der Waals surface area contributed by atoms with Crippen LogP contribution in [0.5, 0.6) is 0 Å². The Morgan fingerprint density at radius 1 is 1.18 bits per heavy atom. The van der Waals surface area contributed by atoms with E-state index >= 15 is 0 Å². The first-order chi connectivity index (χ1) is 10.8. The molecule has 4 heteroatoms. The van der Waals surface area contributed by atoms with E-state index in [9.17, 15) is 4.79 Å². The van der Waals surface area contributed by atoms with Crippen molar-refractivity contribution >= 4 is 5.91 Å². The van der Waals surface area contributed by atoms with Crippen molar-refractivity contribution in [1.29, 1.82) is 0 Å². The van der Waals surface area contributed by atoms with Gasteiger partial charge in [-0.3, -0.25) is 9.69 Å². The molecule has 0 bridgehead atoms. The average Bonchev–Trinajstić information content (AvgIpc) is 2.53. The van der Waals surface area contributed by atoms with Gasteiger partial charge in [0.25, 0.3) is 0 Å². The molecule has 2 aliphatic rings. The molecule has 0 atom stereocenters. The molecule has 120 valence electrons. The standard InChI is InChI=1S/C18H27N3O/c22-17(20-11-14-21-12-9-19-10-13-21)18(7-4-8-18)15-16-5-2-1-3-6-16/h1-3,5-6,19H,4,7-15H2,(H,20,22). The summed E-state index contributed by atoms with van der Waals surface area (Å²) >= 11 is 0. The van der Waals surface area contributed by atoms with Gasteiger partial charge in [-0.05, 0) is 24.8 Å². The first kappa shape index (κ1) is 15.5. The number of piperazine rings is 1. The maximum Gasteiger partial charge on any atom is 0.226 e. The molecule has 1 aromatic rings. The molecule has 1 aliphatic carbocycles. The van der Waals surface area contributed by atoms with Gasteiger partial charge in [-0.25, -0.2) is 0 Å². The summed E-state index contributed by atoms with van der Waals surface area (Å²) < 4.78 is 0. The number of nitrogens with one attached hydrogen (secondary N) is 2. The highest BCUT2D eigenvalue weighted by Gasteiger charge is 2.43. The van der Waals surface area contributed by atoms with E-state index in [1.807, 2.05) is 6.07 Å². The molecule has 22 heavy (non-hydrogen) atoms. The Hall–Kier alpha value is -1.39. The summed E-state index contributed by atoms with van der Waals surface area (Å²) in [7, 11) is 0. The normalized spacial score (nSPS) is 21.1. The Balaban J connectivity index is 1.48. The Labute approximate surface area is 133 Å². The fraction of sp³-hybridized carbons (Fsp3) is 0.611. The van der Waals surface area contributed by atoms with Crippen LogP contribution in [0, 0.1) is 5.41 Å². The summed E-state index contributed by atoms with van der Waals surface area (Å²) in [6.45, 7) is 6.04. The third kappa shape index (κ3) is 3.68. The van der Waals surface area contributed by atoms with E-state index in [1.54, 1.807) is 0 Å². The second kappa shape index (κ2) is 7.25. The topological polar surface area (TPSA) is 44.4 Å². The van der Waals surface area contributed by atoms with Crippen LogP contribution in [0.2, 0.25) is 0 Å². The third-order valence-corrected chi connectivity index (χ3v) is 5.10. The Bertz CT molecular complexity index is 478. The lowest BCUT2D eigenvalue weighted by Gasteiger charge is -2.40. The van der Waals surface area contributed by atoms with Crippen LogP contribution in [0.3, 0.4) is 0 Å². The summed E-state index contributed by atoms with van der Waals surface area (Å²) in [6, 6.07) is 10.4. The molecule has 1 aromatic carbocycles. The first-order valence-corrected chi connectivity index (χ1v) is 8.54. The summed E-state index contributed by atoms with van der Waals surface area (Å²) in [5.41, 5.74) is 1.13. The largest absolute Gasteiger partial charge is 0.354 e. The number of carbonyl (C=O) groups excluding carboxylic acids is 1. The summed E-state index contributed by atoms with van der Waals surface area (Å²) in [4.78, 5) is 15.1. The zero-order valence-corrected chi connectivity index (χ0v) is 13.3. The predicted octanol–water partition coefficient (Wildman–Crippen LogP) is 1.42. The van der Waals surface area contributed by atoms with E-state index in [1.165, 1.54) is 12.0 Å². The second-order valence-electron chi connectivity index (χ2n) is 6.64. The Morgan fingerprint density at radius 2 is 1.91 bits per heavy atom. The molecule has 0 unspecified atom stereocenters. The molecule has 1 saturated heterocycles. The summed E-state index contributed by atoms with van der Waals surface area (Å²) in [6.07, 6.45) is 4.12. The summed E-state index contributed by atoms with van der Waals surface area (Å²) in [5.74, 6) is 0.262. The average molecular weight is 301 g/mol. The van der Waals surface area contributed by atoms with E-state index in [4.69, 9.17) is 0 Å². The van der Waals surface area contributed by atoms with Crippen LogP contribution in [-0.2, 0) is 11.2 Å². The van der Waals surface area contributed by atoms with Crippen LogP contribution in [0.1, 0.15) is 24.8 Å². The van der Waals surface area contributed by atoms with Gasteiger partial charge in [-0.2, -0.15) is 0 Å². The zero-order valence-electron chi connectivity index (χ0n) is 13.3. The van der Waals surface area contributed by atoms with Crippen molar-refractivity contribution < 1.29 is 4.79 Å². The maximum atomic E-state index is 12.7. The highest BCUT2D eigenvalue weighted by atomic mass is 16.2. The van der Waals surface area contributed by atoms with Crippen LogP contribution in [-0.4, -0.2) is 50.1 Å². The van der Waals surface area contributed by atoms with E-state index in [-0.39, 0.29) is 11.3 Å². The van der Waals surface area contributed by atoms with Crippen LogP contribution in [0.15, 0.2) is 30.3 Å². The minimum atomic E-state index is -0.148. The van der Waals surface area contributed by atoms with Crippen molar-refractivity contribution in [1.82, 2.24) is 15.5 Å². The predicted molar refractivity (Wildman–Crippen MR) is 88.7 cm³/mol. The minimum Gasteiger partial charge on any atom is -0.354 e. The van der Waals surface area contributed by atoms with Crippen LogP contribution in [0.4, 0.5) is 0 Å². The number of carbonyl (C=O) groups is 1. The molecule has 1 amide bonds. The lowest BCUT2D eigenvalue weighted by atomic mass is 9.64. The number of hydrogen-bond acceptors (Lipinski definition) is 3. The summed E-state index contributed by atoms with van der Waals surface area (Å²) in [5, 5.41) is 6.55. The number of amides is 1. The van der Waals surface area contributed by atoms with E-state index < -0.39 is 0 Å². The van der Waals surface area contributed by atoms with Crippen LogP contribution in [0.25, 0.3) is 0 Å². The van der Waals surface area contributed by atoms with Gasteiger partial charge < -0.3 is 10.6 Å². The zero-order chi connectivity index (χ0) is 15.3. The fourth-order valence-corrected chi connectivity index (χ4v) is 3.52. The van der Waals surface area contributed by atoms with Crippen molar-refractivity contribution in [2.45, 2.75) is 25.7 Å². The quantitative estimate of drug-likeness (QED) is 0.835. The molecule has 3 rings (SSSR count).